The Bertz CT molecular complexity index is 710. The Labute approximate surface area is 144 Å². The van der Waals surface area contributed by atoms with Crippen LogP contribution in [0.2, 0.25) is 0 Å². The molecule has 0 bridgehead atoms. The van der Waals surface area contributed by atoms with Crippen molar-refractivity contribution < 1.29 is 24.0 Å². The second kappa shape index (κ2) is 8.13. The number of hydrogen-bond donors (Lipinski definition) is 1. The van der Waals surface area contributed by atoms with E-state index in [-0.39, 0.29) is 17.1 Å². The van der Waals surface area contributed by atoms with E-state index in [0.29, 0.717) is 0 Å². The summed E-state index contributed by atoms with van der Waals surface area (Å²) in [6, 6.07) is 4.61. The average molecular weight is 349 g/mol. The molecule has 1 aliphatic heterocycles. The van der Waals surface area contributed by atoms with Gasteiger partial charge in [-0.05, 0) is 25.0 Å². The van der Waals surface area contributed by atoms with Crippen molar-refractivity contribution in [2.45, 2.75) is 12.8 Å². The molecule has 1 aromatic carbocycles. The van der Waals surface area contributed by atoms with E-state index in [1.807, 2.05) is 0 Å². The SMILES string of the molecule is COC(=O)/C=C(/Nc1cc(N2CCCC2)ccc1[N+](=O)[O-])C(=O)OC. The molecule has 9 heteroatoms. The van der Waals surface area contributed by atoms with Crippen LogP contribution in [0.15, 0.2) is 30.0 Å². The van der Waals surface area contributed by atoms with Crippen molar-refractivity contribution in [3.8, 4) is 0 Å². The molecule has 1 aliphatic rings. The zero-order valence-corrected chi connectivity index (χ0v) is 14.0. The van der Waals surface area contributed by atoms with Gasteiger partial charge in [-0.1, -0.05) is 0 Å². The molecule has 9 nitrogen and oxygen atoms in total. The largest absolute Gasteiger partial charge is 0.466 e. The zero-order valence-electron chi connectivity index (χ0n) is 14.0. The summed E-state index contributed by atoms with van der Waals surface area (Å²) in [6.07, 6.45) is 2.99. The van der Waals surface area contributed by atoms with Gasteiger partial charge in [0.15, 0.2) is 0 Å². The summed E-state index contributed by atoms with van der Waals surface area (Å²) in [5, 5.41) is 13.9. The Morgan fingerprint density at radius 3 is 2.48 bits per heavy atom. The molecule has 0 saturated carbocycles. The van der Waals surface area contributed by atoms with Gasteiger partial charge in [0.25, 0.3) is 5.69 Å². The van der Waals surface area contributed by atoms with Gasteiger partial charge in [-0.3, -0.25) is 10.1 Å². The van der Waals surface area contributed by atoms with Crippen molar-refractivity contribution in [3.63, 3.8) is 0 Å². The van der Waals surface area contributed by atoms with Crippen molar-refractivity contribution in [2.24, 2.45) is 0 Å². The highest BCUT2D eigenvalue weighted by Gasteiger charge is 2.22. The van der Waals surface area contributed by atoms with Crippen molar-refractivity contribution in [1.82, 2.24) is 0 Å². The third kappa shape index (κ3) is 4.46. The Hall–Kier alpha value is -3.10. The Morgan fingerprint density at radius 1 is 1.24 bits per heavy atom. The number of hydrogen-bond acceptors (Lipinski definition) is 8. The highest BCUT2D eigenvalue weighted by atomic mass is 16.6. The van der Waals surface area contributed by atoms with E-state index in [2.05, 4.69) is 19.7 Å². The molecule has 1 aromatic rings. The molecule has 1 N–H and O–H groups in total. The molecule has 0 amide bonds. The summed E-state index contributed by atoms with van der Waals surface area (Å²) in [5.41, 5.74) is 0.418. The molecule has 1 saturated heterocycles. The quantitative estimate of drug-likeness (QED) is 0.358. The first-order valence-corrected chi connectivity index (χ1v) is 7.64. The monoisotopic (exact) mass is 349 g/mol. The van der Waals surface area contributed by atoms with Gasteiger partial charge in [-0.15, -0.1) is 0 Å². The van der Waals surface area contributed by atoms with Crippen LogP contribution in [-0.2, 0) is 19.1 Å². The van der Waals surface area contributed by atoms with Crippen LogP contribution < -0.4 is 10.2 Å². The first kappa shape index (κ1) is 18.2. The number of nitrogens with one attached hydrogen (secondary N) is 1. The van der Waals surface area contributed by atoms with Crippen LogP contribution in [0.5, 0.6) is 0 Å². The average Bonchev–Trinajstić information content (AvgIpc) is 3.14. The molecule has 2 rings (SSSR count). The minimum absolute atomic E-state index is 0.0925. The highest BCUT2D eigenvalue weighted by molar-refractivity contribution is 5.99. The fourth-order valence-electron chi connectivity index (χ4n) is 2.53. The van der Waals surface area contributed by atoms with E-state index in [4.69, 9.17) is 0 Å². The topological polar surface area (TPSA) is 111 Å². The lowest BCUT2D eigenvalue weighted by molar-refractivity contribution is -0.383. The number of nitrogens with zero attached hydrogens (tertiary/aromatic N) is 2. The van der Waals surface area contributed by atoms with Gasteiger partial charge < -0.3 is 19.7 Å². The van der Waals surface area contributed by atoms with E-state index in [9.17, 15) is 19.7 Å². The maximum atomic E-state index is 11.8. The molecule has 0 aliphatic carbocycles. The van der Waals surface area contributed by atoms with E-state index in [1.165, 1.54) is 6.07 Å². The maximum Gasteiger partial charge on any atom is 0.354 e. The lowest BCUT2D eigenvalue weighted by Crippen LogP contribution is -2.19. The summed E-state index contributed by atoms with van der Waals surface area (Å²) in [4.78, 5) is 36.1. The minimum atomic E-state index is -0.841. The van der Waals surface area contributed by atoms with Gasteiger partial charge in [0, 0.05) is 24.8 Å². The lowest BCUT2D eigenvalue weighted by atomic mass is 10.2. The third-order valence-electron chi connectivity index (χ3n) is 3.79. The van der Waals surface area contributed by atoms with Crippen LogP contribution in [0.25, 0.3) is 0 Å². The summed E-state index contributed by atoms with van der Waals surface area (Å²) in [7, 11) is 2.30. The van der Waals surface area contributed by atoms with Crippen molar-refractivity contribution in [1.29, 1.82) is 0 Å². The molecule has 25 heavy (non-hydrogen) atoms. The van der Waals surface area contributed by atoms with Crippen LogP contribution in [0, 0.1) is 10.1 Å². The third-order valence-corrected chi connectivity index (χ3v) is 3.79. The maximum absolute atomic E-state index is 11.8. The predicted molar refractivity (Wildman–Crippen MR) is 90.3 cm³/mol. The fraction of sp³-hybridized carbons (Fsp3) is 0.375. The van der Waals surface area contributed by atoms with E-state index >= 15 is 0 Å². The molecule has 0 aromatic heterocycles. The molecule has 0 unspecified atom stereocenters. The molecule has 0 spiro atoms. The number of carbonyl (C=O) groups is 2. The van der Waals surface area contributed by atoms with Gasteiger partial charge in [0.05, 0.1) is 25.2 Å². The van der Waals surface area contributed by atoms with Crippen molar-refractivity contribution in [2.75, 3.05) is 37.5 Å². The first-order valence-electron chi connectivity index (χ1n) is 7.64. The Morgan fingerprint density at radius 2 is 1.92 bits per heavy atom. The van der Waals surface area contributed by atoms with Gasteiger partial charge in [-0.25, -0.2) is 9.59 Å². The number of esters is 2. The number of nitro benzene ring substituents is 1. The summed E-state index contributed by atoms with van der Waals surface area (Å²) < 4.78 is 9.09. The van der Waals surface area contributed by atoms with Gasteiger partial charge in [0.2, 0.25) is 0 Å². The summed E-state index contributed by atoms with van der Waals surface area (Å²) in [6.45, 7) is 1.72. The van der Waals surface area contributed by atoms with Crippen LogP contribution in [0.3, 0.4) is 0 Å². The van der Waals surface area contributed by atoms with Crippen LogP contribution >= 0.6 is 0 Å². The normalized spacial score (nSPS) is 14.2. The minimum Gasteiger partial charge on any atom is -0.466 e. The van der Waals surface area contributed by atoms with Crippen LogP contribution in [-0.4, -0.2) is 44.2 Å². The number of anilines is 2. The molecule has 134 valence electrons. The number of ether oxygens (including phenoxy) is 2. The number of carbonyl (C=O) groups excluding carboxylic acids is 2. The highest BCUT2D eigenvalue weighted by Crippen LogP contribution is 2.32. The van der Waals surface area contributed by atoms with Gasteiger partial charge in [0.1, 0.15) is 11.4 Å². The second-order valence-electron chi connectivity index (χ2n) is 5.35. The molecule has 0 atom stereocenters. The number of nitro groups is 1. The standard InChI is InChI=1S/C16H19N3O6/c1-24-15(20)10-13(16(21)25-2)17-12-9-11(18-7-3-4-8-18)5-6-14(12)19(22)23/h5-6,9-10,17H,3-4,7-8H2,1-2H3/b13-10+. The number of benzene rings is 1. The van der Waals surface area contributed by atoms with Crippen molar-refractivity contribution >= 4 is 29.0 Å². The zero-order chi connectivity index (χ0) is 18.4. The van der Waals surface area contributed by atoms with Crippen molar-refractivity contribution in [3.05, 3.63) is 40.1 Å². The van der Waals surface area contributed by atoms with E-state index < -0.39 is 16.9 Å². The Kier molecular flexibility index (Phi) is 5.93. The summed E-state index contributed by atoms with van der Waals surface area (Å²) >= 11 is 0. The second-order valence-corrected chi connectivity index (χ2v) is 5.35. The van der Waals surface area contributed by atoms with E-state index in [0.717, 1.165) is 51.9 Å². The van der Waals surface area contributed by atoms with Gasteiger partial charge in [-0.2, -0.15) is 0 Å². The molecular weight excluding hydrogens is 330 g/mol. The molecule has 1 heterocycles. The Balaban J connectivity index is 2.40. The predicted octanol–water partition coefficient (Wildman–Crippen LogP) is 1.84. The fourth-order valence-corrected chi connectivity index (χ4v) is 2.53. The lowest BCUT2D eigenvalue weighted by Gasteiger charge is -2.19. The van der Waals surface area contributed by atoms with Gasteiger partial charge >= 0.3 is 11.9 Å². The first-order chi connectivity index (χ1) is 12.0. The van der Waals surface area contributed by atoms with Crippen LogP contribution in [0.4, 0.5) is 17.1 Å². The summed E-state index contributed by atoms with van der Waals surface area (Å²) in [5.74, 6) is -1.63. The van der Waals surface area contributed by atoms with E-state index in [1.54, 1.807) is 12.1 Å². The smallest absolute Gasteiger partial charge is 0.354 e. The molecular formula is C16H19N3O6. The molecule has 0 radical (unpaired) electrons. The number of methoxy groups -OCH3 is 2. The van der Waals surface area contributed by atoms with Crippen LogP contribution in [0.1, 0.15) is 12.8 Å². The number of rotatable bonds is 6. The molecule has 1 fully saturated rings.